The number of nitrogens with two attached hydrogens (primary N) is 1. The standard InChI is InChI=1S/C5H13NO2.C2H6/c1-5(6,3-7)4-8-2;1-2/h7H,3-4,6H2,1-2H3;1-2H3. The molecule has 0 aromatic heterocycles. The Morgan fingerprint density at radius 1 is 1.50 bits per heavy atom. The molecule has 0 aliphatic heterocycles. The van der Waals surface area contributed by atoms with E-state index in [1.807, 2.05) is 13.8 Å². The molecule has 0 saturated heterocycles. The molecule has 0 aliphatic rings. The zero-order chi connectivity index (χ0) is 8.62. The first-order valence-corrected chi connectivity index (χ1v) is 3.51. The van der Waals surface area contributed by atoms with Gasteiger partial charge in [0.05, 0.1) is 18.8 Å². The quantitative estimate of drug-likeness (QED) is 0.609. The van der Waals surface area contributed by atoms with Crippen LogP contribution in [0.15, 0.2) is 0 Å². The van der Waals surface area contributed by atoms with Crippen LogP contribution in [0.2, 0.25) is 0 Å². The lowest BCUT2D eigenvalue weighted by molar-refractivity contribution is 0.0971. The third kappa shape index (κ3) is 7.88. The van der Waals surface area contributed by atoms with Crippen LogP contribution in [0.25, 0.3) is 0 Å². The van der Waals surface area contributed by atoms with Gasteiger partial charge in [0.2, 0.25) is 0 Å². The number of aliphatic hydroxyl groups excluding tert-OH is 1. The number of rotatable bonds is 3. The molecular weight excluding hydrogens is 130 g/mol. The van der Waals surface area contributed by atoms with Crippen LogP contribution in [-0.4, -0.2) is 31.0 Å². The summed E-state index contributed by atoms with van der Waals surface area (Å²) in [6.07, 6.45) is 0. The maximum atomic E-state index is 8.52. The van der Waals surface area contributed by atoms with Crippen LogP contribution in [0.5, 0.6) is 0 Å². The third-order valence-electron chi connectivity index (χ3n) is 0.835. The minimum atomic E-state index is -0.575. The van der Waals surface area contributed by atoms with Gasteiger partial charge in [-0.25, -0.2) is 0 Å². The van der Waals surface area contributed by atoms with Crippen LogP contribution in [0, 0.1) is 0 Å². The third-order valence-corrected chi connectivity index (χ3v) is 0.835. The summed E-state index contributed by atoms with van der Waals surface area (Å²) in [6.45, 7) is 6.08. The van der Waals surface area contributed by atoms with Gasteiger partial charge in [-0.05, 0) is 6.92 Å². The number of hydrogen-bond acceptors (Lipinski definition) is 3. The Morgan fingerprint density at radius 3 is 2.00 bits per heavy atom. The molecule has 10 heavy (non-hydrogen) atoms. The fourth-order valence-electron chi connectivity index (χ4n) is 0.375. The van der Waals surface area contributed by atoms with E-state index in [-0.39, 0.29) is 6.61 Å². The molecule has 0 aromatic carbocycles. The molecule has 0 spiro atoms. The molecule has 3 nitrogen and oxygen atoms in total. The molecule has 0 saturated carbocycles. The highest BCUT2D eigenvalue weighted by Gasteiger charge is 2.15. The maximum absolute atomic E-state index is 8.52. The number of methoxy groups -OCH3 is 1. The van der Waals surface area contributed by atoms with Crippen LogP contribution < -0.4 is 5.73 Å². The van der Waals surface area contributed by atoms with Gasteiger partial charge in [-0.3, -0.25) is 0 Å². The van der Waals surface area contributed by atoms with Crippen molar-refractivity contribution in [2.24, 2.45) is 5.73 Å². The predicted molar refractivity (Wildman–Crippen MR) is 42.9 cm³/mol. The Labute approximate surface area is 63.2 Å². The van der Waals surface area contributed by atoms with Crippen molar-refractivity contribution < 1.29 is 9.84 Å². The molecule has 64 valence electrons. The summed E-state index contributed by atoms with van der Waals surface area (Å²) in [5.41, 5.74) is 4.88. The van der Waals surface area contributed by atoms with E-state index < -0.39 is 5.54 Å². The smallest absolute Gasteiger partial charge is 0.0662 e. The molecule has 0 aliphatic carbocycles. The summed E-state index contributed by atoms with van der Waals surface area (Å²) in [5, 5.41) is 8.52. The van der Waals surface area contributed by atoms with E-state index in [1.165, 1.54) is 0 Å². The van der Waals surface area contributed by atoms with Gasteiger partial charge in [0.1, 0.15) is 0 Å². The van der Waals surface area contributed by atoms with E-state index in [1.54, 1.807) is 14.0 Å². The summed E-state index contributed by atoms with van der Waals surface area (Å²) in [6, 6.07) is 0. The molecule has 0 amide bonds. The lowest BCUT2D eigenvalue weighted by atomic mass is 10.1. The average Bonchev–Trinajstić information content (AvgIpc) is 1.93. The van der Waals surface area contributed by atoms with Gasteiger partial charge in [-0.2, -0.15) is 0 Å². The largest absolute Gasteiger partial charge is 0.394 e. The van der Waals surface area contributed by atoms with Gasteiger partial charge < -0.3 is 15.6 Å². The van der Waals surface area contributed by atoms with Gasteiger partial charge >= 0.3 is 0 Å². The first kappa shape index (κ1) is 12.5. The molecule has 0 fully saturated rings. The minimum Gasteiger partial charge on any atom is -0.394 e. The molecule has 1 atom stereocenters. The van der Waals surface area contributed by atoms with Gasteiger partial charge in [0, 0.05) is 7.11 Å². The van der Waals surface area contributed by atoms with Crippen molar-refractivity contribution in [3.05, 3.63) is 0 Å². The first-order chi connectivity index (χ1) is 4.62. The van der Waals surface area contributed by atoms with Crippen LogP contribution in [0.1, 0.15) is 20.8 Å². The highest BCUT2D eigenvalue weighted by atomic mass is 16.5. The van der Waals surface area contributed by atoms with E-state index in [9.17, 15) is 0 Å². The van der Waals surface area contributed by atoms with E-state index >= 15 is 0 Å². The average molecular weight is 149 g/mol. The van der Waals surface area contributed by atoms with Gasteiger partial charge in [-0.1, -0.05) is 13.8 Å². The molecule has 3 N–H and O–H groups in total. The molecular formula is C7H19NO2. The molecule has 0 radical (unpaired) electrons. The molecule has 0 rings (SSSR count). The zero-order valence-electron chi connectivity index (χ0n) is 7.35. The van der Waals surface area contributed by atoms with Crippen LogP contribution in [0.3, 0.4) is 0 Å². The molecule has 3 heteroatoms. The molecule has 0 aromatic rings. The number of hydrogen-bond donors (Lipinski definition) is 2. The van der Waals surface area contributed by atoms with Crippen LogP contribution >= 0.6 is 0 Å². The normalized spacial score (nSPS) is 15.0. The summed E-state index contributed by atoms with van der Waals surface area (Å²) in [7, 11) is 1.56. The fourth-order valence-corrected chi connectivity index (χ4v) is 0.375. The van der Waals surface area contributed by atoms with Crippen molar-refractivity contribution in [2.75, 3.05) is 20.3 Å². The zero-order valence-corrected chi connectivity index (χ0v) is 7.35. The molecule has 0 bridgehead atoms. The second-order valence-electron chi connectivity index (χ2n) is 2.25. The Balaban J connectivity index is 0. The van der Waals surface area contributed by atoms with Crippen molar-refractivity contribution in [2.45, 2.75) is 26.3 Å². The van der Waals surface area contributed by atoms with Crippen molar-refractivity contribution in [1.29, 1.82) is 0 Å². The van der Waals surface area contributed by atoms with E-state index in [0.717, 1.165) is 0 Å². The summed E-state index contributed by atoms with van der Waals surface area (Å²) < 4.78 is 4.71. The lowest BCUT2D eigenvalue weighted by Gasteiger charge is -2.19. The van der Waals surface area contributed by atoms with E-state index in [4.69, 9.17) is 15.6 Å². The van der Waals surface area contributed by atoms with E-state index in [2.05, 4.69) is 0 Å². The van der Waals surface area contributed by atoms with Gasteiger partial charge in [0.25, 0.3) is 0 Å². The van der Waals surface area contributed by atoms with Gasteiger partial charge in [-0.15, -0.1) is 0 Å². The van der Waals surface area contributed by atoms with Crippen molar-refractivity contribution >= 4 is 0 Å². The molecule has 0 heterocycles. The Kier molecular flexibility index (Phi) is 8.77. The van der Waals surface area contributed by atoms with Crippen LogP contribution in [0.4, 0.5) is 0 Å². The Morgan fingerprint density at radius 2 is 1.90 bits per heavy atom. The van der Waals surface area contributed by atoms with Gasteiger partial charge in [0.15, 0.2) is 0 Å². The highest BCUT2D eigenvalue weighted by molar-refractivity contribution is 4.75. The highest BCUT2D eigenvalue weighted by Crippen LogP contribution is 1.95. The monoisotopic (exact) mass is 149 g/mol. The topological polar surface area (TPSA) is 55.5 Å². The van der Waals surface area contributed by atoms with Crippen molar-refractivity contribution in [3.63, 3.8) is 0 Å². The maximum Gasteiger partial charge on any atom is 0.0662 e. The van der Waals surface area contributed by atoms with Crippen LogP contribution in [-0.2, 0) is 4.74 Å². The molecule has 1 unspecified atom stereocenters. The minimum absolute atomic E-state index is 0.0408. The fraction of sp³-hybridized carbons (Fsp3) is 1.00. The van der Waals surface area contributed by atoms with Crippen molar-refractivity contribution in [3.8, 4) is 0 Å². The van der Waals surface area contributed by atoms with Crippen molar-refractivity contribution in [1.82, 2.24) is 0 Å². The number of aliphatic hydroxyl groups is 1. The van der Waals surface area contributed by atoms with E-state index in [0.29, 0.717) is 6.61 Å². The Bertz CT molecular complexity index is 64.6. The summed E-state index contributed by atoms with van der Waals surface area (Å²) in [5.74, 6) is 0. The Hall–Kier alpha value is -0.120. The second-order valence-corrected chi connectivity index (χ2v) is 2.25. The lowest BCUT2D eigenvalue weighted by Crippen LogP contribution is -2.44. The SMILES string of the molecule is CC.COCC(C)(N)CO. The summed E-state index contributed by atoms with van der Waals surface area (Å²) >= 11 is 0. The summed E-state index contributed by atoms with van der Waals surface area (Å²) in [4.78, 5) is 0. The predicted octanol–water partition coefficient (Wildman–Crippen LogP) is 0.369. The second kappa shape index (κ2) is 6.99. The number of ether oxygens (including phenoxy) is 1. The first-order valence-electron chi connectivity index (χ1n) is 3.51.